The first-order valence-corrected chi connectivity index (χ1v) is 8.94. The highest BCUT2D eigenvalue weighted by molar-refractivity contribution is 7.78. The molecule has 27 heavy (non-hydrogen) atoms. The van der Waals surface area contributed by atoms with Gasteiger partial charge in [0, 0.05) is 22.3 Å². The molecule has 0 N–H and O–H groups in total. The average Bonchev–Trinajstić information content (AvgIpc) is 2.68. The summed E-state index contributed by atoms with van der Waals surface area (Å²) in [6, 6.07) is 21.9. The minimum atomic E-state index is 0.781. The number of rotatable bonds is 1. The molecule has 3 aromatic carbocycles. The Bertz CT molecular complexity index is 1130. The molecule has 0 spiro atoms. The monoisotopic (exact) mass is 363 g/mol. The smallest absolute Gasteiger partial charge is 0.0740 e. The predicted octanol–water partition coefficient (Wildman–Crippen LogP) is 5.84. The SMILES string of the molecule is Cc1ccc(C#Cc2ccc(C#Cc3ccc(N=C=S)cc3)c(C)c2)cc1. The molecule has 0 heterocycles. The second-order valence-corrected chi connectivity index (χ2v) is 6.33. The molecule has 0 aliphatic heterocycles. The van der Waals surface area contributed by atoms with Crippen molar-refractivity contribution in [2.75, 3.05) is 0 Å². The van der Waals surface area contributed by atoms with E-state index >= 15 is 0 Å². The quantitative estimate of drug-likeness (QED) is 0.301. The Hall–Kier alpha value is -3.42. The van der Waals surface area contributed by atoms with Gasteiger partial charge in [0.1, 0.15) is 0 Å². The molecule has 0 aliphatic rings. The van der Waals surface area contributed by atoms with Crippen LogP contribution in [0.25, 0.3) is 0 Å². The summed E-state index contributed by atoms with van der Waals surface area (Å²) in [5.41, 5.74) is 7.06. The standard InChI is InChI=1S/C25H17NS/c1-19-3-5-21(6-4-19)7-8-23-10-14-24(20(2)17-23)13-9-22-11-15-25(16-12-22)26-18-27/h3-6,10-12,14-17H,1-2H3. The molecule has 0 saturated heterocycles. The van der Waals surface area contributed by atoms with Crippen molar-refractivity contribution in [3.05, 3.63) is 100 Å². The maximum Gasteiger partial charge on any atom is 0.0740 e. The Kier molecular flexibility index (Phi) is 5.98. The van der Waals surface area contributed by atoms with Crippen LogP contribution in [0.3, 0.4) is 0 Å². The number of nitrogens with zero attached hydrogens (tertiary/aromatic N) is 1. The molecule has 0 unspecified atom stereocenters. The summed E-state index contributed by atoms with van der Waals surface area (Å²) in [5, 5.41) is 2.36. The Morgan fingerprint density at radius 1 is 0.667 bits per heavy atom. The first-order valence-electron chi connectivity index (χ1n) is 8.53. The van der Waals surface area contributed by atoms with Crippen molar-refractivity contribution in [2.45, 2.75) is 13.8 Å². The van der Waals surface area contributed by atoms with Gasteiger partial charge in [-0.2, -0.15) is 4.99 Å². The lowest BCUT2D eigenvalue weighted by Crippen LogP contribution is -1.85. The molecule has 0 bridgehead atoms. The van der Waals surface area contributed by atoms with E-state index in [-0.39, 0.29) is 0 Å². The van der Waals surface area contributed by atoms with Gasteiger partial charge in [0.05, 0.1) is 10.8 Å². The van der Waals surface area contributed by atoms with E-state index in [2.05, 4.69) is 78.1 Å². The zero-order chi connectivity index (χ0) is 19.1. The van der Waals surface area contributed by atoms with Crippen LogP contribution in [-0.4, -0.2) is 5.16 Å². The number of aryl methyl sites for hydroxylation is 2. The van der Waals surface area contributed by atoms with Gasteiger partial charge in [-0.05, 0) is 86.2 Å². The fraction of sp³-hybridized carbons (Fsp3) is 0.0800. The lowest BCUT2D eigenvalue weighted by molar-refractivity contribution is 1.42. The van der Waals surface area contributed by atoms with Crippen LogP contribution in [0.1, 0.15) is 33.4 Å². The maximum atomic E-state index is 4.60. The van der Waals surface area contributed by atoms with E-state index < -0.39 is 0 Å². The van der Waals surface area contributed by atoms with E-state index in [1.165, 1.54) is 5.56 Å². The summed E-state index contributed by atoms with van der Waals surface area (Å²) in [6.07, 6.45) is 0. The van der Waals surface area contributed by atoms with Gasteiger partial charge in [-0.25, -0.2) is 0 Å². The van der Waals surface area contributed by atoms with Crippen molar-refractivity contribution in [3.63, 3.8) is 0 Å². The van der Waals surface area contributed by atoms with Gasteiger partial charge < -0.3 is 0 Å². The van der Waals surface area contributed by atoms with Gasteiger partial charge in [-0.15, -0.1) is 0 Å². The lowest BCUT2D eigenvalue weighted by Gasteiger charge is -1.99. The zero-order valence-electron chi connectivity index (χ0n) is 15.2. The third-order valence-electron chi connectivity index (χ3n) is 4.01. The van der Waals surface area contributed by atoms with Crippen molar-refractivity contribution in [3.8, 4) is 23.7 Å². The second-order valence-electron chi connectivity index (χ2n) is 6.15. The van der Waals surface area contributed by atoms with E-state index in [1.54, 1.807) is 0 Å². The van der Waals surface area contributed by atoms with E-state index in [4.69, 9.17) is 0 Å². The van der Waals surface area contributed by atoms with Gasteiger partial charge in [-0.1, -0.05) is 41.4 Å². The van der Waals surface area contributed by atoms with E-state index in [1.807, 2.05) is 48.5 Å². The predicted molar refractivity (Wildman–Crippen MR) is 115 cm³/mol. The number of thiocarbonyl (C=S) groups is 1. The van der Waals surface area contributed by atoms with Gasteiger partial charge in [0.2, 0.25) is 0 Å². The van der Waals surface area contributed by atoms with Crippen LogP contribution in [-0.2, 0) is 0 Å². The molecule has 0 atom stereocenters. The van der Waals surface area contributed by atoms with E-state index in [9.17, 15) is 0 Å². The number of aliphatic imine (C=N–C) groups is 1. The Morgan fingerprint density at radius 3 is 1.85 bits per heavy atom. The minimum Gasteiger partial charge on any atom is -0.195 e. The highest BCUT2D eigenvalue weighted by Gasteiger charge is 1.96. The van der Waals surface area contributed by atoms with Crippen LogP contribution < -0.4 is 0 Å². The maximum absolute atomic E-state index is 4.60. The molecule has 3 aromatic rings. The summed E-state index contributed by atoms with van der Waals surface area (Å²) in [7, 11) is 0. The Labute approximate surface area is 165 Å². The topological polar surface area (TPSA) is 12.4 Å². The van der Waals surface area contributed by atoms with E-state index in [0.29, 0.717) is 0 Å². The molecule has 0 aliphatic carbocycles. The summed E-state index contributed by atoms with van der Waals surface area (Å²) in [4.78, 5) is 3.94. The van der Waals surface area contributed by atoms with Crippen LogP contribution >= 0.6 is 12.2 Å². The van der Waals surface area contributed by atoms with Crippen LogP contribution in [0, 0.1) is 37.5 Å². The number of hydrogen-bond donors (Lipinski definition) is 0. The second kappa shape index (κ2) is 8.79. The molecule has 1 nitrogen and oxygen atoms in total. The van der Waals surface area contributed by atoms with E-state index in [0.717, 1.165) is 33.5 Å². The fourth-order valence-corrected chi connectivity index (χ4v) is 2.58. The molecular formula is C25H17NS. The first kappa shape index (κ1) is 18.4. The van der Waals surface area contributed by atoms with Gasteiger partial charge >= 0.3 is 0 Å². The molecule has 2 heteroatoms. The van der Waals surface area contributed by atoms with Crippen LogP contribution in [0.2, 0.25) is 0 Å². The summed E-state index contributed by atoms with van der Waals surface area (Å²) >= 11 is 4.60. The highest BCUT2D eigenvalue weighted by atomic mass is 32.1. The minimum absolute atomic E-state index is 0.781. The third kappa shape index (κ3) is 5.27. The molecule has 128 valence electrons. The molecule has 0 fully saturated rings. The third-order valence-corrected chi connectivity index (χ3v) is 4.10. The molecule has 0 amide bonds. The summed E-state index contributed by atoms with van der Waals surface area (Å²) in [5.74, 6) is 12.8. The van der Waals surface area contributed by atoms with Gasteiger partial charge in [-0.3, -0.25) is 0 Å². The van der Waals surface area contributed by atoms with Crippen LogP contribution in [0.15, 0.2) is 71.7 Å². The van der Waals surface area contributed by atoms with Gasteiger partial charge in [0.15, 0.2) is 0 Å². The zero-order valence-corrected chi connectivity index (χ0v) is 16.0. The Balaban J connectivity index is 1.77. The molecule has 3 rings (SSSR count). The van der Waals surface area contributed by atoms with Crippen molar-refractivity contribution >= 4 is 23.1 Å². The summed E-state index contributed by atoms with van der Waals surface area (Å²) in [6.45, 7) is 4.13. The normalized spacial score (nSPS) is 9.26. The largest absolute Gasteiger partial charge is 0.195 e. The first-order chi connectivity index (χ1) is 13.1. The summed E-state index contributed by atoms with van der Waals surface area (Å²) < 4.78 is 0. The van der Waals surface area contributed by atoms with Crippen LogP contribution in [0.4, 0.5) is 5.69 Å². The Morgan fingerprint density at radius 2 is 1.22 bits per heavy atom. The lowest BCUT2D eigenvalue weighted by atomic mass is 10.0. The molecular weight excluding hydrogens is 346 g/mol. The number of benzene rings is 3. The molecule has 0 radical (unpaired) electrons. The number of isothiocyanates is 1. The molecule has 0 saturated carbocycles. The van der Waals surface area contributed by atoms with Crippen molar-refractivity contribution < 1.29 is 0 Å². The fourth-order valence-electron chi connectivity index (χ4n) is 2.47. The van der Waals surface area contributed by atoms with Crippen LogP contribution in [0.5, 0.6) is 0 Å². The van der Waals surface area contributed by atoms with Crippen molar-refractivity contribution in [1.82, 2.24) is 0 Å². The number of hydrogen-bond acceptors (Lipinski definition) is 2. The molecule has 0 aromatic heterocycles. The van der Waals surface area contributed by atoms with Crippen molar-refractivity contribution in [2.24, 2.45) is 4.99 Å². The average molecular weight is 363 g/mol. The van der Waals surface area contributed by atoms with Gasteiger partial charge in [0.25, 0.3) is 0 Å². The highest BCUT2D eigenvalue weighted by Crippen LogP contribution is 2.13. The van der Waals surface area contributed by atoms with Crippen molar-refractivity contribution in [1.29, 1.82) is 0 Å².